The number of amides is 4. The van der Waals surface area contributed by atoms with Gasteiger partial charge < -0.3 is 31.2 Å². The number of nitrogens with zero attached hydrogens (tertiary/aromatic N) is 2. The van der Waals surface area contributed by atoms with Gasteiger partial charge in [-0.3, -0.25) is 24.6 Å². The number of hydrogen-bond acceptors (Lipinski definition) is 10. The normalized spacial score (nSPS) is 14.0. The van der Waals surface area contributed by atoms with E-state index in [-0.39, 0.29) is 47.5 Å². The van der Waals surface area contributed by atoms with Crippen LogP contribution in [-0.2, 0) is 20.9 Å². The third-order valence-corrected chi connectivity index (χ3v) is 8.11. The highest BCUT2D eigenvalue weighted by atomic mass is 19.1. The second kappa shape index (κ2) is 21.0. The van der Waals surface area contributed by atoms with Gasteiger partial charge in [0.05, 0.1) is 11.0 Å². The summed E-state index contributed by atoms with van der Waals surface area (Å²) in [5.41, 5.74) is 6.53. The van der Waals surface area contributed by atoms with Gasteiger partial charge in [-0.25, -0.2) is 14.0 Å². The molecule has 1 heterocycles. The van der Waals surface area contributed by atoms with Crippen LogP contribution in [0, 0.1) is 22.0 Å². The lowest BCUT2D eigenvalue weighted by atomic mass is 9.96. The van der Waals surface area contributed by atoms with E-state index < -0.39 is 23.2 Å². The molecule has 51 heavy (non-hydrogen) atoms. The Morgan fingerprint density at radius 2 is 1.63 bits per heavy atom. The monoisotopic (exact) mass is 710 g/mol. The lowest BCUT2D eigenvalue weighted by Crippen LogP contribution is -2.35. The van der Waals surface area contributed by atoms with Gasteiger partial charge in [-0.1, -0.05) is 38.8 Å². The molecule has 1 aliphatic rings. The van der Waals surface area contributed by atoms with Gasteiger partial charge >= 0.3 is 12.2 Å². The third kappa shape index (κ3) is 14.6. The number of carbonyl (C=O) groups excluding carboxylic acids is 4. The van der Waals surface area contributed by atoms with Crippen molar-refractivity contribution in [2.75, 3.05) is 31.5 Å². The molecule has 0 aliphatic carbocycles. The van der Waals surface area contributed by atoms with Crippen LogP contribution in [0.1, 0.15) is 57.9 Å². The lowest BCUT2D eigenvalue weighted by molar-refractivity contribution is -0.384. The Kier molecular flexibility index (Phi) is 16.5. The zero-order valence-corrected chi connectivity index (χ0v) is 29.0. The first-order chi connectivity index (χ1) is 24.4. The van der Waals surface area contributed by atoms with E-state index in [0.29, 0.717) is 44.6 Å². The number of urea groups is 1. The molecule has 0 saturated carbocycles. The number of nitro benzene ring substituents is 1. The quantitative estimate of drug-likeness (QED) is 0.0292. The summed E-state index contributed by atoms with van der Waals surface area (Å²) in [6.07, 6.45) is 7.70. The molecule has 3 rings (SSSR count). The summed E-state index contributed by atoms with van der Waals surface area (Å²) in [7, 11) is 0. The summed E-state index contributed by atoms with van der Waals surface area (Å²) in [6.45, 7) is 5.65. The summed E-state index contributed by atoms with van der Waals surface area (Å²) in [5, 5.41) is 20.0. The Morgan fingerprint density at radius 1 is 0.961 bits per heavy atom. The zero-order valence-electron chi connectivity index (χ0n) is 29.0. The molecule has 0 bridgehead atoms. The summed E-state index contributed by atoms with van der Waals surface area (Å²) in [4.78, 5) is 58.0. The van der Waals surface area contributed by atoms with Crippen molar-refractivity contribution in [1.29, 1.82) is 0 Å². The Bertz CT molecular complexity index is 1510. The number of nitrogens with two attached hydrogens (primary N) is 1. The summed E-state index contributed by atoms with van der Waals surface area (Å²) >= 11 is 0. The molecule has 2 aromatic rings. The first kappa shape index (κ1) is 40.1. The molecule has 2 aromatic carbocycles. The Balaban J connectivity index is 1.48. The van der Waals surface area contributed by atoms with Crippen molar-refractivity contribution < 1.29 is 38.0 Å². The highest BCUT2D eigenvalue weighted by Crippen LogP contribution is 2.21. The van der Waals surface area contributed by atoms with Crippen LogP contribution in [0.2, 0.25) is 0 Å². The van der Waals surface area contributed by atoms with Crippen LogP contribution in [0.4, 0.5) is 25.4 Å². The minimum absolute atomic E-state index is 0.00717. The minimum atomic E-state index is -0.953. The van der Waals surface area contributed by atoms with Gasteiger partial charge in [0.1, 0.15) is 18.2 Å². The molecule has 1 aliphatic heterocycles. The minimum Gasteiger partial charge on any atom is -0.429 e. The van der Waals surface area contributed by atoms with Gasteiger partial charge in [-0.2, -0.15) is 0 Å². The van der Waals surface area contributed by atoms with Gasteiger partial charge in [0.25, 0.3) is 17.5 Å². The van der Waals surface area contributed by atoms with E-state index in [4.69, 9.17) is 15.2 Å². The average molecular weight is 711 g/mol. The number of benzene rings is 2. The van der Waals surface area contributed by atoms with E-state index in [9.17, 15) is 29.3 Å². The number of nitro groups is 1. The second-order valence-electron chi connectivity index (χ2n) is 12.5. The number of carbonyl (C=O) groups is 4. The number of anilines is 1. The number of unbranched alkanes of at least 4 members (excludes halogenated alkanes) is 3. The second-order valence-corrected chi connectivity index (χ2v) is 12.5. The molecule has 276 valence electrons. The molecular formula is C36H47FN6O8. The molecule has 0 unspecified atom stereocenters. The largest absolute Gasteiger partial charge is 0.514 e. The fourth-order valence-corrected chi connectivity index (χ4v) is 5.33. The van der Waals surface area contributed by atoms with Crippen molar-refractivity contribution in [3.8, 4) is 5.75 Å². The van der Waals surface area contributed by atoms with E-state index in [2.05, 4.69) is 16.0 Å². The summed E-state index contributed by atoms with van der Waals surface area (Å²) in [5.74, 6) is -0.898. The maximum absolute atomic E-state index is 15.7. The van der Waals surface area contributed by atoms with E-state index in [1.54, 1.807) is 18.2 Å². The van der Waals surface area contributed by atoms with Gasteiger partial charge in [0, 0.05) is 49.6 Å². The maximum atomic E-state index is 15.7. The standard InChI is InChI=1S/C36H47FN6O8/c1-25(2)34(39-19-5-3-4-6-21-42-32(44)17-18-33(42)45)31(37)22-27(8-7-20-40-35(38)46)23-41-28-11-9-26(10-12-28)24-50-36(47)51-30-15-13-29(14-16-30)43(48)49/h9-18,22,25,27,34,39,41H,3-8,19-21,23-24H2,1-2H3,(H3,38,40,46)/b31-22-/t27-,34+/m1/s1. The van der Waals surface area contributed by atoms with Crippen LogP contribution in [0.25, 0.3) is 0 Å². The van der Waals surface area contributed by atoms with Crippen LogP contribution >= 0.6 is 0 Å². The number of hydrogen-bond donors (Lipinski definition) is 4. The lowest BCUT2D eigenvalue weighted by Gasteiger charge is -2.23. The summed E-state index contributed by atoms with van der Waals surface area (Å²) in [6, 6.07) is 11.1. The van der Waals surface area contributed by atoms with Crippen molar-refractivity contribution in [3.05, 3.63) is 88.3 Å². The maximum Gasteiger partial charge on any atom is 0.514 e. The Hall–Kier alpha value is -5.31. The summed E-state index contributed by atoms with van der Waals surface area (Å²) < 4.78 is 25.9. The van der Waals surface area contributed by atoms with E-state index >= 15 is 4.39 Å². The SMILES string of the molecule is CC(C)[C@H](NCCCCCCN1C(=O)C=CC1=O)/C(F)=C/[C@@H](CCCNC(N)=O)CNc1ccc(COC(=O)Oc2ccc([N+](=O)[O-])cc2)cc1. The van der Waals surface area contributed by atoms with Gasteiger partial charge in [0.15, 0.2) is 0 Å². The van der Waals surface area contributed by atoms with Crippen molar-refractivity contribution in [3.63, 3.8) is 0 Å². The number of ether oxygens (including phenoxy) is 2. The van der Waals surface area contributed by atoms with Crippen LogP contribution in [0.3, 0.4) is 0 Å². The number of rotatable bonds is 22. The molecule has 2 atom stereocenters. The Labute approximate surface area is 296 Å². The van der Waals surface area contributed by atoms with Gasteiger partial charge in [0.2, 0.25) is 0 Å². The molecule has 0 radical (unpaired) electrons. The van der Waals surface area contributed by atoms with Crippen LogP contribution < -0.4 is 26.4 Å². The van der Waals surface area contributed by atoms with Crippen molar-refractivity contribution in [2.45, 2.75) is 65.0 Å². The first-order valence-electron chi connectivity index (χ1n) is 17.0. The molecule has 0 saturated heterocycles. The van der Waals surface area contributed by atoms with Crippen molar-refractivity contribution in [2.24, 2.45) is 17.6 Å². The molecule has 0 spiro atoms. The number of halogens is 1. The van der Waals surface area contributed by atoms with E-state index in [0.717, 1.165) is 31.4 Å². The van der Waals surface area contributed by atoms with E-state index in [1.165, 1.54) is 41.3 Å². The molecule has 5 N–H and O–H groups in total. The number of imide groups is 1. The first-order valence-corrected chi connectivity index (χ1v) is 17.0. The highest BCUT2D eigenvalue weighted by molar-refractivity contribution is 6.12. The highest BCUT2D eigenvalue weighted by Gasteiger charge is 2.23. The molecule has 0 fully saturated rings. The number of nitrogens with one attached hydrogen (secondary N) is 3. The van der Waals surface area contributed by atoms with Crippen LogP contribution in [-0.4, -0.2) is 66.0 Å². The zero-order chi connectivity index (χ0) is 37.2. The molecular weight excluding hydrogens is 663 g/mol. The fraction of sp³-hybridized carbons (Fsp3) is 0.444. The topological polar surface area (TPSA) is 195 Å². The molecule has 15 heteroatoms. The van der Waals surface area contributed by atoms with E-state index in [1.807, 2.05) is 26.0 Å². The smallest absolute Gasteiger partial charge is 0.429 e. The fourth-order valence-electron chi connectivity index (χ4n) is 5.33. The van der Waals surface area contributed by atoms with Crippen LogP contribution in [0.5, 0.6) is 5.75 Å². The number of non-ortho nitro benzene ring substituents is 1. The third-order valence-electron chi connectivity index (χ3n) is 8.11. The molecule has 0 aromatic heterocycles. The number of primary amides is 1. The predicted molar refractivity (Wildman–Crippen MR) is 189 cm³/mol. The van der Waals surface area contributed by atoms with Gasteiger partial charge in [-0.15, -0.1) is 0 Å². The van der Waals surface area contributed by atoms with Crippen LogP contribution in [0.15, 0.2) is 72.6 Å². The Morgan fingerprint density at radius 3 is 2.25 bits per heavy atom. The molecule has 4 amide bonds. The average Bonchev–Trinajstić information content (AvgIpc) is 3.41. The molecule has 14 nitrogen and oxygen atoms in total. The van der Waals surface area contributed by atoms with Crippen molar-refractivity contribution in [1.82, 2.24) is 15.5 Å². The van der Waals surface area contributed by atoms with Crippen molar-refractivity contribution >= 4 is 35.4 Å². The predicted octanol–water partition coefficient (Wildman–Crippen LogP) is 5.74. The van der Waals surface area contributed by atoms with Gasteiger partial charge in [-0.05, 0) is 80.0 Å².